The Labute approximate surface area is 230 Å². The molecule has 0 amide bonds. The van der Waals surface area contributed by atoms with Crippen LogP contribution in [0.2, 0.25) is 0 Å². The number of hydrogen-bond acceptors (Lipinski definition) is 5. The van der Waals surface area contributed by atoms with Gasteiger partial charge in [0, 0.05) is 17.3 Å². The maximum absolute atomic E-state index is 13.9. The predicted octanol–water partition coefficient (Wildman–Crippen LogP) is 6.95. The summed E-state index contributed by atoms with van der Waals surface area (Å²) in [5.74, 6) is -0.833. The topological polar surface area (TPSA) is 62.5 Å². The van der Waals surface area contributed by atoms with Crippen LogP contribution in [0.4, 0.5) is 13.2 Å². The van der Waals surface area contributed by atoms with Crippen LogP contribution in [0.1, 0.15) is 41.2 Å². The molecule has 4 aromatic carbocycles. The molecule has 0 aliphatic carbocycles. The van der Waals surface area contributed by atoms with E-state index in [1.807, 2.05) is 0 Å². The van der Waals surface area contributed by atoms with Crippen LogP contribution in [0.15, 0.2) is 97.1 Å². The third-order valence-corrected chi connectivity index (χ3v) is 7.16. The zero-order valence-electron chi connectivity index (χ0n) is 21.1. The first-order valence-electron chi connectivity index (χ1n) is 12.2. The highest BCUT2D eigenvalue weighted by Crippen LogP contribution is 2.44. The Morgan fingerprint density at radius 3 is 1.64 bits per heavy atom. The summed E-state index contributed by atoms with van der Waals surface area (Å²) in [6.07, 6.45) is -0.382. The first kappa shape index (κ1) is 28.5. The van der Waals surface area contributed by atoms with E-state index in [1.54, 1.807) is 67.6 Å². The van der Waals surface area contributed by atoms with E-state index in [-0.39, 0.29) is 6.42 Å². The van der Waals surface area contributed by atoms with Gasteiger partial charge in [-0.3, -0.25) is 0 Å². The van der Waals surface area contributed by atoms with Gasteiger partial charge in [0.25, 0.3) is 0 Å². The van der Waals surface area contributed by atoms with E-state index in [0.29, 0.717) is 28.0 Å². The lowest BCUT2D eigenvalue weighted by molar-refractivity contribution is 0.124. The summed E-state index contributed by atoms with van der Waals surface area (Å²) in [4.78, 5) is 0. The quantitative estimate of drug-likeness (QED) is 0.125. The molecule has 1 unspecified atom stereocenters. The zero-order valence-corrected chi connectivity index (χ0v) is 21.9. The van der Waals surface area contributed by atoms with Crippen molar-refractivity contribution in [2.75, 3.05) is 0 Å². The molecule has 0 aliphatic heterocycles. The summed E-state index contributed by atoms with van der Waals surface area (Å²) in [5, 5.41) is 19.4. The van der Waals surface area contributed by atoms with Crippen LogP contribution >= 0.6 is 12.0 Å². The Hall–Kier alpha value is -3.55. The summed E-state index contributed by atoms with van der Waals surface area (Å²) in [6.45, 7) is 1.75. The summed E-state index contributed by atoms with van der Waals surface area (Å²) in [5.41, 5.74) is 2.51. The summed E-state index contributed by atoms with van der Waals surface area (Å²) in [7, 11) is -1.56. The molecular formula is C30H25BF3NO3S. The molecule has 0 fully saturated rings. The van der Waals surface area contributed by atoms with E-state index in [2.05, 4.69) is 6.07 Å². The normalized spacial score (nSPS) is 12.1. The van der Waals surface area contributed by atoms with Gasteiger partial charge in [-0.2, -0.15) is 5.26 Å². The molecule has 39 heavy (non-hydrogen) atoms. The molecule has 4 aromatic rings. The minimum absolute atomic E-state index is 0.233. The van der Waals surface area contributed by atoms with E-state index >= 15 is 0 Å². The molecule has 0 saturated carbocycles. The van der Waals surface area contributed by atoms with Crippen molar-refractivity contribution in [3.05, 3.63) is 142 Å². The number of halogens is 3. The van der Waals surface area contributed by atoms with Gasteiger partial charge in [0.1, 0.15) is 17.5 Å². The number of nitriles is 1. The van der Waals surface area contributed by atoms with E-state index in [9.17, 15) is 18.2 Å². The maximum Gasteiger partial charge on any atom is 0.648 e. The van der Waals surface area contributed by atoms with Gasteiger partial charge in [0.05, 0.1) is 11.6 Å². The van der Waals surface area contributed by atoms with Crippen molar-refractivity contribution in [3.8, 4) is 6.07 Å². The second-order valence-corrected chi connectivity index (χ2v) is 9.77. The summed E-state index contributed by atoms with van der Waals surface area (Å²) >= 11 is 0.999. The highest BCUT2D eigenvalue weighted by Gasteiger charge is 2.39. The molecular weight excluding hydrogens is 522 g/mol. The van der Waals surface area contributed by atoms with Crippen molar-refractivity contribution in [2.45, 2.75) is 30.6 Å². The fraction of sp³-hybridized carbons (Fsp3) is 0.167. The van der Waals surface area contributed by atoms with Gasteiger partial charge in [-0.25, -0.2) is 13.2 Å². The van der Waals surface area contributed by atoms with Gasteiger partial charge in [-0.15, -0.1) is 0 Å². The molecule has 0 saturated heterocycles. The van der Waals surface area contributed by atoms with E-state index in [1.165, 1.54) is 36.4 Å². The largest absolute Gasteiger partial charge is 0.648 e. The number of rotatable bonds is 11. The Bertz CT molecular complexity index is 1290. The van der Waals surface area contributed by atoms with Crippen LogP contribution in [-0.2, 0) is 19.9 Å². The average Bonchev–Trinajstić information content (AvgIpc) is 2.93. The van der Waals surface area contributed by atoms with Crippen molar-refractivity contribution in [1.82, 2.24) is 0 Å². The van der Waals surface area contributed by atoms with Crippen LogP contribution in [-0.4, -0.2) is 18.4 Å². The lowest BCUT2D eigenvalue weighted by Crippen LogP contribution is -2.36. The van der Waals surface area contributed by atoms with E-state index in [0.717, 1.165) is 17.6 Å². The Morgan fingerprint density at radius 1 is 0.795 bits per heavy atom. The van der Waals surface area contributed by atoms with Crippen LogP contribution in [0.25, 0.3) is 0 Å². The third kappa shape index (κ3) is 7.11. The van der Waals surface area contributed by atoms with Gasteiger partial charge in [-0.05, 0) is 96.2 Å². The molecule has 9 heteroatoms. The fourth-order valence-electron chi connectivity index (χ4n) is 4.59. The number of benzene rings is 4. The highest BCUT2D eigenvalue weighted by molar-refractivity contribution is 7.94. The molecule has 1 N–H and O–H groups in total. The number of hydrogen-bond donors (Lipinski definition) is 1. The fourth-order valence-corrected chi connectivity index (χ4v) is 5.15. The molecule has 0 aromatic heterocycles. The lowest BCUT2D eigenvalue weighted by Gasteiger charge is -2.38. The molecule has 0 bridgehead atoms. The summed E-state index contributed by atoms with van der Waals surface area (Å²) in [6, 6.07) is 26.9. The zero-order chi connectivity index (χ0) is 27.8. The standard InChI is InChI=1S/C30H25BF3NO3S/c1-21(37-31(36)38-39-20-23-4-2-22(19-35)3-5-23)18-30(24-6-12-27(32)13-7-24,25-8-14-28(33)15-9-25)26-10-16-29(34)17-11-26/h2-17,21,36H,18,20H2,1H3. The minimum Gasteiger partial charge on any atom is -0.401 e. The van der Waals surface area contributed by atoms with Crippen LogP contribution in [0.3, 0.4) is 0 Å². The molecule has 0 aliphatic rings. The van der Waals surface area contributed by atoms with E-state index in [4.69, 9.17) is 14.0 Å². The SMILES string of the molecule is CC(CC(c1ccc(F)cc1)(c1ccc(F)cc1)c1ccc(F)cc1)OB(O)OSCc1ccc(C#N)cc1. The van der Waals surface area contributed by atoms with Crippen molar-refractivity contribution >= 4 is 19.4 Å². The predicted molar refractivity (Wildman–Crippen MR) is 146 cm³/mol. The molecule has 0 spiro atoms. The molecule has 198 valence electrons. The molecule has 4 nitrogen and oxygen atoms in total. The van der Waals surface area contributed by atoms with Crippen LogP contribution < -0.4 is 0 Å². The Balaban J connectivity index is 1.58. The van der Waals surface area contributed by atoms with Gasteiger partial charge < -0.3 is 13.8 Å². The smallest absolute Gasteiger partial charge is 0.401 e. The van der Waals surface area contributed by atoms with Gasteiger partial charge in [0.15, 0.2) is 0 Å². The summed E-state index contributed by atoms with van der Waals surface area (Å²) < 4.78 is 52.9. The second-order valence-electron chi connectivity index (χ2n) is 9.05. The Kier molecular flexibility index (Phi) is 9.49. The van der Waals surface area contributed by atoms with Gasteiger partial charge in [-0.1, -0.05) is 48.5 Å². The van der Waals surface area contributed by atoms with Crippen molar-refractivity contribution in [2.24, 2.45) is 0 Å². The Morgan fingerprint density at radius 2 is 1.23 bits per heavy atom. The molecule has 0 radical (unpaired) electrons. The monoisotopic (exact) mass is 547 g/mol. The van der Waals surface area contributed by atoms with Crippen LogP contribution in [0, 0.1) is 28.8 Å². The lowest BCUT2D eigenvalue weighted by atomic mass is 9.66. The van der Waals surface area contributed by atoms with Crippen LogP contribution in [0.5, 0.6) is 0 Å². The number of nitrogens with zero attached hydrogens (tertiary/aromatic N) is 1. The van der Waals surface area contributed by atoms with Gasteiger partial charge >= 0.3 is 7.32 Å². The van der Waals surface area contributed by atoms with Crippen molar-refractivity contribution in [3.63, 3.8) is 0 Å². The second kappa shape index (κ2) is 13.0. The first-order valence-corrected chi connectivity index (χ1v) is 13.1. The van der Waals surface area contributed by atoms with E-state index < -0.39 is 36.3 Å². The average molecular weight is 547 g/mol. The van der Waals surface area contributed by atoms with Crippen molar-refractivity contribution in [1.29, 1.82) is 5.26 Å². The molecule has 1 atom stereocenters. The highest BCUT2D eigenvalue weighted by atomic mass is 32.2. The molecule has 0 heterocycles. The maximum atomic E-state index is 13.9. The first-order chi connectivity index (χ1) is 18.8. The minimum atomic E-state index is -1.56. The van der Waals surface area contributed by atoms with Gasteiger partial charge in [0.2, 0.25) is 0 Å². The third-order valence-electron chi connectivity index (χ3n) is 6.41. The van der Waals surface area contributed by atoms with Crippen molar-refractivity contribution < 1.29 is 27.0 Å². The molecule has 4 rings (SSSR count).